The second kappa shape index (κ2) is 11.4. The number of ether oxygens (including phenoxy) is 2. The first-order valence-corrected chi connectivity index (χ1v) is 15.2. The van der Waals surface area contributed by atoms with Crippen molar-refractivity contribution in [1.82, 2.24) is 19.9 Å². The molecule has 1 aromatic carbocycles. The quantitative estimate of drug-likeness (QED) is 0.211. The maximum atomic E-state index is 13.2. The molecule has 3 aromatic rings. The molecule has 2 aromatic heterocycles. The van der Waals surface area contributed by atoms with Crippen molar-refractivity contribution in [3.8, 4) is 5.75 Å². The molecule has 2 saturated heterocycles. The number of nitrogens with one attached hydrogen (secondary N) is 1. The minimum absolute atomic E-state index is 0.0272. The van der Waals surface area contributed by atoms with Crippen LogP contribution in [0.3, 0.4) is 0 Å². The monoisotopic (exact) mass is 616 g/mol. The first kappa shape index (κ1) is 30.5. The highest BCUT2D eigenvalue weighted by atomic mass is 16.6. The second-order valence-corrected chi connectivity index (χ2v) is 13.2. The van der Waals surface area contributed by atoms with Crippen LogP contribution >= 0.6 is 0 Å². The van der Waals surface area contributed by atoms with Crippen LogP contribution < -0.4 is 19.9 Å². The van der Waals surface area contributed by atoms with Gasteiger partial charge in [0.1, 0.15) is 17.0 Å². The lowest BCUT2D eigenvalue weighted by molar-refractivity contribution is -0.384. The van der Waals surface area contributed by atoms with E-state index in [1.807, 2.05) is 24.0 Å². The van der Waals surface area contributed by atoms with Crippen molar-refractivity contribution >= 4 is 40.5 Å². The maximum absolute atomic E-state index is 13.2. The van der Waals surface area contributed by atoms with Crippen LogP contribution in [-0.2, 0) is 10.2 Å². The summed E-state index contributed by atoms with van der Waals surface area (Å²) in [6, 6.07) is 7.10. The van der Waals surface area contributed by atoms with Gasteiger partial charge in [0.2, 0.25) is 5.95 Å². The number of benzene rings is 1. The Morgan fingerprint density at radius 2 is 1.82 bits per heavy atom. The lowest BCUT2D eigenvalue weighted by Crippen LogP contribution is -2.28. The standard InChI is InChI=1S/C32H40N8O5/c1-18(2)45-30(41)22-12-33-31(36-29(22)39-17-32(4,5)28-24(39)9-8-19(3)34-28)35-23-10-26(40(42)43)25(11-27(23)44-7)38-15-20-13-37(6)14-21(20)16-38/h8-12,18,20-21H,13-17H2,1-7H3,(H,33,35,36)/t20-,21+. The number of aromatic nitrogens is 3. The summed E-state index contributed by atoms with van der Waals surface area (Å²) in [4.78, 5) is 45.6. The fourth-order valence-corrected chi connectivity index (χ4v) is 6.84. The molecule has 0 unspecified atom stereocenters. The van der Waals surface area contributed by atoms with Gasteiger partial charge in [-0.05, 0) is 51.8 Å². The average molecular weight is 617 g/mol. The molecule has 2 atom stereocenters. The molecule has 0 saturated carbocycles. The number of hydrogen-bond acceptors (Lipinski definition) is 12. The van der Waals surface area contributed by atoms with E-state index < -0.39 is 5.97 Å². The highest BCUT2D eigenvalue weighted by molar-refractivity contribution is 5.96. The predicted octanol–water partition coefficient (Wildman–Crippen LogP) is 4.83. The molecule has 3 aliphatic heterocycles. The summed E-state index contributed by atoms with van der Waals surface area (Å²) in [6.45, 7) is 13.7. The molecule has 3 aliphatic rings. The van der Waals surface area contributed by atoms with Gasteiger partial charge in [-0.1, -0.05) is 13.8 Å². The van der Waals surface area contributed by atoms with E-state index in [0.717, 1.165) is 43.3 Å². The van der Waals surface area contributed by atoms with Gasteiger partial charge in [0.05, 0.1) is 35.2 Å². The van der Waals surface area contributed by atoms with Crippen LogP contribution in [-0.4, -0.2) is 83.7 Å². The van der Waals surface area contributed by atoms with Crippen molar-refractivity contribution in [3.63, 3.8) is 0 Å². The summed E-state index contributed by atoms with van der Waals surface area (Å²) >= 11 is 0. The topological polar surface area (TPSA) is 139 Å². The van der Waals surface area contributed by atoms with Crippen LogP contribution in [0.25, 0.3) is 0 Å². The van der Waals surface area contributed by atoms with E-state index in [9.17, 15) is 14.9 Å². The van der Waals surface area contributed by atoms with E-state index in [2.05, 4.69) is 41.0 Å². The lowest BCUT2D eigenvalue weighted by Gasteiger charge is -2.24. The van der Waals surface area contributed by atoms with E-state index in [4.69, 9.17) is 19.4 Å². The fourth-order valence-electron chi connectivity index (χ4n) is 6.84. The SMILES string of the molecule is COc1cc(N2C[C@H]3CN(C)C[C@H]3C2)c([N+](=O)[O-])cc1Nc1ncc(C(=O)OC(C)C)c(N2CC(C)(C)c3nc(C)ccc32)n1. The van der Waals surface area contributed by atoms with Crippen LogP contribution in [0.5, 0.6) is 5.75 Å². The molecule has 1 N–H and O–H groups in total. The maximum Gasteiger partial charge on any atom is 0.343 e. The number of nitro groups is 1. The van der Waals surface area contributed by atoms with Crippen molar-refractivity contribution in [3.05, 3.63) is 57.5 Å². The predicted molar refractivity (Wildman–Crippen MR) is 171 cm³/mol. The normalized spacial score (nSPS) is 20.4. The van der Waals surface area contributed by atoms with E-state index in [1.165, 1.54) is 19.4 Å². The lowest BCUT2D eigenvalue weighted by atomic mass is 9.91. The van der Waals surface area contributed by atoms with Crippen LogP contribution in [0, 0.1) is 28.9 Å². The molecule has 5 heterocycles. The Kier molecular flexibility index (Phi) is 7.76. The number of likely N-dealkylation sites (tertiary alicyclic amines) is 1. The first-order chi connectivity index (χ1) is 21.3. The Morgan fingerprint density at radius 3 is 2.47 bits per heavy atom. The molecule has 0 bridgehead atoms. The fraction of sp³-hybridized carbons (Fsp3) is 0.500. The van der Waals surface area contributed by atoms with E-state index in [-0.39, 0.29) is 33.6 Å². The molecule has 6 rings (SSSR count). The van der Waals surface area contributed by atoms with Crippen LogP contribution in [0.1, 0.15) is 49.4 Å². The molecule has 0 amide bonds. The molecule has 0 radical (unpaired) electrons. The smallest absolute Gasteiger partial charge is 0.343 e. The molecule has 238 valence electrons. The Hall–Kier alpha value is -4.52. The first-order valence-electron chi connectivity index (χ1n) is 15.2. The number of hydrogen-bond donors (Lipinski definition) is 1. The number of carbonyl (C=O) groups is 1. The van der Waals surface area contributed by atoms with Gasteiger partial charge in [0.15, 0.2) is 5.82 Å². The number of nitrogens with zero attached hydrogens (tertiary/aromatic N) is 7. The molecule has 0 spiro atoms. The van der Waals surface area contributed by atoms with Gasteiger partial charge in [-0.15, -0.1) is 0 Å². The van der Waals surface area contributed by atoms with Crippen molar-refractivity contribution in [2.24, 2.45) is 11.8 Å². The van der Waals surface area contributed by atoms with Crippen molar-refractivity contribution in [2.45, 2.75) is 46.1 Å². The number of rotatable bonds is 8. The highest BCUT2D eigenvalue weighted by Crippen LogP contribution is 2.45. The molecule has 13 heteroatoms. The van der Waals surface area contributed by atoms with Gasteiger partial charge in [-0.3, -0.25) is 15.1 Å². The number of carbonyl (C=O) groups excluding carboxylic acids is 1. The third-order valence-corrected chi connectivity index (χ3v) is 8.83. The summed E-state index contributed by atoms with van der Waals surface area (Å²) in [7, 11) is 3.64. The molecule has 0 aliphatic carbocycles. The summed E-state index contributed by atoms with van der Waals surface area (Å²) in [5.41, 5.74) is 3.38. The molecule has 2 fully saturated rings. The average Bonchev–Trinajstić information content (AvgIpc) is 3.60. The van der Waals surface area contributed by atoms with Gasteiger partial charge >= 0.3 is 5.97 Å². The number of anilines is 5. The number of methoxy groups -OCH3 is 1. The van der Waals surface area contributed by atoms with Crippen LogP contribution in [0.4, 0.5) is 34.5 Å². The Labute approximate surface area is 262 Å². The third kappa shape index (κ3) is 5.72. The number of pyridine rings is 1. The summed E-state index contributed by atoms with van der Waals surface area (Å²) in [6.07, 6.45) is 1.09. The summed E-state index contributed by atoms with van der Waals surface area (Å²) < 4.78 is 11.3. The zero-order valence-corrected chi connectivity index (χ0v) is 26.8. The number of fused-ring (bicyclic) bond motifs is 2. The van der Waals surface area contributed by atoms with E-state index in [0.29, 0.717) is 41.3 Å². The van der Waals surface area contributed by atoms with Gasteiger partial charge < -0.3 is 29.5 Å². The van der Waals surface area contributed by atoms with Crippen LogP contribution in [0.2, 0.25) is 0 Å². The molecule has 13 nitrogen and oxygen atoms in total. The Bertz CT molecular complexity index is 1650. The Balaban J connectivity index is 1.38. The van der Waals surface area contributed by atoms with Crippen molar-refractivity contribution in [2.75, 3.05) is 62.0 Å². The number of nitro benzene ring substituents is 1. The van der Waals surface area contributed by atoms with Crippen LogP contribution in [0.15, 0.2) is 30.5 Å². The number of esters is 1. The largest absolute Gasteiger partial charge is 0.494 e. The second-order valence-electron chi connectivity index (χ2n) is 13.2. The summed E-state index contributed by atoms with van der Waals surface area (Å²) in [5.74, 6) is 1.34. The third-order valence-electron chi connectivity index (χ3n) is 8.83. The van der Waals surface area contributed by atoms with Gasteiger partial charge in [0, 0.05) is 62.2 Å². The highest BCUT2D eigenvalue weighted by Gasteiger charge is 2.42. The van der Waals surface area contributed by atoms with Crippen molar-refractivity contribution in [1.29, 1.82) is 0 Å². The minimum atomic E-state index is -0.544. The zero-order valence-electron chi connectivity index (χ0n) is 26.8. The molecular weight excluding hydrogens is 576 g/mol. The molecule has 45 heavy (non-hydrogen) atoms. The van der Waals surface area contributed by atoms with E-state index >= 15 is 0 Å². The van der Waals surface area contributed by atoms with Gasteiger partial charge in [-0.25, -0.2) is 9.78 Å². The Morgan fingerprint density at radius 1 is 1.11 bits per heavy atom. The number of aryl methyl sites for hydroxylation is 1. The minimum Gasteiger partial charge on any atom is -0.494 e. The zero-order chi connectivity index (χ0) is 32.2. The summed E-state index contributed by atoms with van der Waals surface area (Å²) in [5, 5.41) is 15.5. The van der Waals surface area contributed by atoms with Crippen molar-refractivity contribution < 1.29 is 19.2 Å². The van der Waals surface area contributed by atoms with E-state index in [1.54, 1.807) is 19.9 Å². The molecular formula is C32H40N8O5. The van der Waals surface area contributed by atoms with Gasteiger partial charge in [-0.2, -0.15) is 4.98 Å². The van der Waals surface area contributed by atoms with Gasteiger partial charge in [0.25, 0.3) is 5.69 Å².